The number of thiophene rings is 1. The van der Waals surface area contributed by atoms with Crippen molar-refractivity contribution in [2.75, 3.05) is 0 Å². The van der Waals surface area contributed by atoms with E-state index in [0.717, 1.165) is 21.1 Å². The smallest absolute Gasteiger partial charge is 0.226 e. The SMILES string of the molecule is CC(NC(=O)Cc1csc(-c2cccs2)n1)c1ccncc1. The monoisotopic (exact) mass is 329 g/mol. The van der Waals surface area contributed by atoms with Gasteiger partial charge in [-0.2, -0.15) is 0 Å². The van der Waals surface area contributed by atoms with Crippen molar-refractivity contribution in [3.05, 3.63) is 58.7 Å². The first kappa shape index (κ1) is 14.9. The average molecular weight is 329 g/mol. The van der Waals surface area contributed by atoms with Crippen LogP contribution in [0.2, 0.25) is 0 Å². The van der Waals surface area contributed by atoms with E-state index in [-0.39, 0.29) is 11.9 Å². The Morgan fingerprint density at radius 3 is 2.82 bits per heavy atom. The zero-order chi connectivity index (χ0) is 15.4. The third kappa shape index (κ3) is 3.58. The van der Waals surface area contributed by atoms with E-state index in [2.05, 4.69) is 15.3 Å². The average Bonchev–Trinajstić information content (AvgIpc) is 3.19. The highest BCUT2D eigenvalue weighted by molar-refractivity contribution is 7.20. The summed E-state index contributed by atoms with van der Waals surface area (Å²) in [6.07, 6.45) is 3.76. The van der Waals surface area contributed by atoms with Crippen LogP contribution in [0, 0.1) is 0 Å². The molecule has 0 bridgehead atoms. The number of nitrogens with one attached hydrogen (secondary N) is 1. The van der Waals surface area contributed by atoms with Crippen LogP contribution in [0.1, 0.15) is 24.2 Å². The minimum Gasteiger partial charge on any atom is -0.349 e. The van der Waals surface area contributed by atoms with Crippen LogP contribution >= 0.6 is 22.7 Å². The molecule has 0 saturated carbocycles. The van der Waals surface area contributed by atoms with E-state index in [4.69, 9.17) is 0 Å². The molecule has 0 aromatic carbocycles. The molecule has 4 nitrogen and oxygen atoms in total. The van der Waals surface area contributed by atoms with Gasteiger partial charge < -0.3 is 5.32 Å². The number of pyridine rings is 1. The number of hydrogen-bond donors (Lipinski definition) is 1. The van der Waals surface area contributed by atoms with Gasteiger partial charge >= 0.3 is 0 Å². The summed E-state index contributed by atoms with van der Waals surface area (Å²) in [7, 11) is 0. The Morgan fingerprint density at radius 1 is 1.27 bits per heavy atom. The first-order chi connectivity index (χ1) is 10.7. The van der Waals surface area contributed by atoms with E-state index >= 15 is 0 Å². The van der Waals surface area contributed by atoms with Crippen molar-refractivity contribution in [1.29, 1.82) is 0 Å². The predicted molar refractivity (Wildman–Crippen MR) is 89.9 cm³/mol. The number of carbonyl (C=O) groups excluding carboxylic acids is 1. The van der Waals surface area contributed by atoms with Gasteiger partial charge in [-0.15, -0.1) is 22.7 Å². The predicted octanol–water partition coefficient (Wildman–Crippen LogP) is 3.69. The molecule has 0 aliphatic rings. The van der Waals surface area contributed by atoms with Gasteiger partial charge in [-0.1, -0.05) is 6.07 Å². The van der Waals surface area contributed by atoms with Gasteiger partial charge in [0.15, 0.2) is 0 Å². The van der Waals surface area contributed by atoms with Crippen LogP contribution in [-0.4, -0.2) is 15.9 Å². The maximum Gasteiger partial charge on any atom is 0.226 e. The topological polar surface area (TPSA) is 54.9 Å². The first-order valence-electron chi connectivity index (χ1n) is 6.90. The summed E-state index contributed by atoms with van der Waals surface area (Å²) in [5.41, 5.74) is 1.86. The molecule has 0 radical (unpaired) electrons. The third-order valence-electron chi connectivity index (χ3n) is 3.21. The van der Waals surface area contributed by atoms with E-state index in [1.807, 2.05) is 41.9 Å². The van der Waals surface area contributed by atoms with Crippen molar-refractivity contribution in [1.82, 2.24) is 15.3 Å². The molecule has 0 saturated heterocycles. The van der Waals surface area contributed by atoms with Gasteiger partial charge in [0, 0.05) is 17.8 Å². The number of thiazole rings is 1. The lowest BCUT2D eigenvalue weighted by atomic mass is 10.1. The van der Waals surface area contributed by atoms with Gasteiger partial charge in [0.25, 0.3) is 0 Å². The second kappa shape index (κ2) is 6.81. The standard InChI is InChI=1S/C16H15N3OS2/c1-11(12-4-6-17-7-5-12)18-15(20)9-13-10-22-16(19-13)14-3-2-8-21-14/h2-8,10-11H,9H2,1H3,(H,18,20). The quantitative estimate of drug-likeness (QED) is 0.777. The Labute approximate surface area is 136 Å². The second-order valence-corrected chi connectivity index (χ2v) is 6.67. The minimum absolute atomic E-state index is 0.0210. The molecule has 0 fully saturated rings. The third-order valence-corrected chi connectivity index (χ3v) is 5.14. The molecule has 3 heterocycles. The maximum atomic E-state index is 12.1. The van der Waals surface area contributed by atoms with Crippen LogP contribution in [-0.2, 0) is 11.2 Å². The molecule has 3 aromatic rings. The highest BCUT2D eigenvalue weighted by Crippen LogP contribution is 2.27. The summed E-state index contributed by atoms with van der Waals surface area (Å²) in [5, 5.41) is 7.94. The van der Waals surface area contributed by atoms with E-state index < -0.39 is 0 Å². The molecule has 0 aliphatic heterocycles. The van der Waals surface area contributed by atoms with Crippen molar-refractivity contribution in [2.24, 2.45) is 0 Å². The van der Waals surface area contributed by atoms with Gasteiger partial charge in [-0.05, 0) is 36.1 Å². The fraction of sp³-hybridized carbons (Fsp3) is 0.188. The molecule has 0 spiro atoms. The van der Waals surface area contributed by atoms with Crippen LogP contribution in [0.3, 0.4) is 0 Å². The molecule has 112 valence electrons. The van der Waals surface area contributed by atoms with Crippen LogP contribution in [0.25, 0.3) is 9.88 Å². The fourth-order valence-corrected chi connectivity index (χ4v) is 3.73. The molecule has 1 N–H and O–H groups in total. The maximum absolute atomic E-state index is 12.1. The fourth-order valence-electron chi connectivity index (χ4n) is 2.09. The number of aromatic nitrogens is 2. The molecule has 3 rings (SSSR count). The number of amides is 1. The van der Waals surface area contributed by atoms with Crippen molar-refractivity contribution in [3.8, 4) is 9.88 Å². The lowest BCUT2D eigenvalue weighted by Crippen LogP contribution is -2.28. The molecule has 22 heavy (non-hydrogen) atoms. The Bertz CT molecular complexity index is 738. The van der Waals surface area contributed by atoms with E-state index in [0.29, 0.717) is 6.42 Å². The van der Waals surface area contributed by atoms with Crippen LogP contribution < -0.4 is 5.32 Å². The highest BCUT2D eigenvalue weighted by Gasteiger charge is 2.12. The number of carbonyl (C=O) groups is 1. The van der Waals surface area contributed by atoms with Gasteiger partial charge in [0.1, 0.15) is 5.01 Å². The largest absolute Gasteiger partial charge is 0.349 e. The summed E-state index contributed by atoms with van der Waals surface area (Å²) >= 11 is 3.23. The van der Waals surface area contributed by atoms with Crippen molar-refractivity contribution >= 4 is 28.6 Å². The second-order valence-electron chi connectivity index (χ2n) is 4.87. The Morgan fingerprint density at radius 2 is 2.09 bits per heavy atom. The van der Waals surface area contributed by atoms with Crippen molar-refractivity contribution in [3.63, 3.8) is 0 Å². The van der Waals surface area contributed by atoms with Gasteiger partial charge in [0.05, 0.1) is 23.0 Å². The minimum atomic E-state index is -0.0362. The van der Waals surface area contributed by atoms with Crippen LogP contribution in [0.4, 0.5) is 0 Å². The molecule has 1 atom stereocenters. The van der Waals surface area contributed by atoms with Crippen LogP contribution in [0.5, 0.6) is 0 Å². The van der Waals surface area contributed by atoms with Gasteiger partial charge in [-0.3, -0.25) is 9.78 Å². The number of hydrogen-bond acceptors (Lipinski definition) is 5. The summed E-state index contributed by atoms with van der Waals surface area (Å²) in [6.45, 7) is 1.96. The summed E-state index contributed by atoms with van der Waals surface area (Å²) in [4.78, 5) is 21.8. The number of rotatable bonds is 5. The summed E-state index contributed by atoms with van der Waals surface area (Å²) in [5.74, 6) is -0.0210. The zero-order valence-corrected chi connectivity index (χ0v) is 13.7. The van der Waals surface area contributed by atoms with Crippen LogP contribution in [0.15, 0.2) is 47.4 Å². The molecule has 1 unspecified atom stereocenters. The van der Waals surface area contributed by atoms with E-state index in [1.54, 1.807) is 35.1 Å². The summed E-state index contributed by atoms with van der Waals surface area (Å²) in [6, 6.07) is 7.82. The first-order valence-corrected chi connectivity index (χ1v) is 8.66. The molecule has 0 aliphatic carbocycles. The molecular weight excluding hydrogens is 314 g/mol. The van der Waals surface area contributed by atoms with Gasteiger partial charge in [-0.25, -0.2) is 4.98 Å². The van der Waals surface area contributed by atoms with Crippen molar-refractivity contribution in [2.45, 2.75) is 19.4 Å². The van der Waals surface area contributed by atoms with E-state index in [1.165, 1.54) is 0 Å². The lowest BCUT2D eigenvalue weighted by Gasteiger charge is -2.13. The Kier molecular flexibility index (Phi) is 4.60. The highest BCUT2D eigenvalue weighted by atomic mass is 32.1. The molecule has 3 aromatic heterocycles. The molecule has 6 heteroatoms. The normalized spacial score (nSPS) is 12.0. The van der Waals surface area contributed by atoms with Gasteiger partial charge in [0.2, 0.25) is 5.91 Å². The summed E-state index contributed by atoms with van der Waals surface area (Å²) < 4.78 is 0. The number of nitrogens with zero attached hydrogens (tertiary/aromatic N) is 2. The lowest BCUT2D eigenvalue weighted by molar-refractivity contribution is -0.121. The Hall–Kier alpha value is -2.05. The van der Waals surface area contributed by atoms with E-state index in [9.17, 15) is 4.79 Å². The Balaban J connectivity index is 1.60. The molecule has 1 amide bonds. The zero-order valence-electron chi connectivity index (χ0n) is 12.0. The molecular formula is C16H15N3OS2. The van der Waals surface area contributed by atoms with Crippen molar-refractivity contribution < 1.29 is 4.79 Å².